The quantitative estimate of drug-likeness (QED) is 0.653. The van der Waals surface area contributed by atoms with Gasteiger partial charge in [-0.05, 0) is 53.7 Å². The van der Waals surface area contributed by atoms with Crippen LogP contribution < -0.4 is 9.46 Å². The van der Waals surface area contributed by atoms with Gasteiger partial charge in [-0.2, -0.15) is 4.68 Å². The third-order valence-electron chi connectivity index (χ3n) is 3.48. The highest BCUT2D eigenvalue weighted by Gasteiger charge is 2.22. The smallest absolute Gasteiger partial charge is 0.265 e. The van der Waals surface area contributed by atoms with E-state index in [9.17, 15) is 12.8 Å². The van der Waals surface area contributed by atoms with E-state index in [1.807, 2.05) is 0 Å². The fraction of sp³-hybridized carbons (Fsp3) is 0.133. The number of nitrogens with zero attached hydrogens (tertiary/aromatic N) is 4. The first-order valence-electron chi connectivity index (χ1n) is 7.23. The lowest BCUT2D eigenvalue weighted by Gasteiger charge is -2.13. The van der Waals surface area contributed by atoms with Crippen molar-refractivity contribution in [2.45, 2.75) is 11.8 Å². The Hall–Kier alpha value is -2.53. The fourth-order valence-corrected chi connectivity index (χ4v) is 4.02. The van der Waals surface area contributed by atoms with Crippen molar-refractivity contribution in [3.05, 3.63) is 52.5 Å². The molecule has 0 amide bonds. The Kier molecular flexibility index (Phi) is 4.92. The van der Waals surface area contributed by atoms with Crippen LogP contribution in [0.5, 0.6) is 5.75 Å². The van der Waals surface area contributed by atoms with Gasteiger partial charge in [0.25, 0.3) is 10.0 Å². The van der Waals surface area contributed by atoms with Crippen molar-refractivity contribution in [3.8, 4) is 11.4 Å². The normalized spacial score (nSPS) is 11.4. The molecule has 8 nitrogen and oxygen atoms in total. The molecule has 0 aliphatic carbocycles. The lowest BCUT2D eigenvalue weighted by atomic mass is 10.2. The number of benzene rings is 2. The molecule has 0 fully saturated rings. The molecule has 0 bridgehead atoms. The summed E-state index contributed by atoms with van der Waals surface area (Å²) in [5.74, 6) is -0.135. The number of hydrogen-bond donors (Lipinski definition) is 1. The minimum absolute atomic E-state index is 0.127. The third-order valence-corrected chi connectivity index (χ3v) is 5.36. The number of anilines is 1. The number of nitrogens with one attached hydrogen (secondary N) is 1. The van der Waals surface area contributed by atoms with Crippen LogP contribution in [0.2, 0.25) is 0 Å². The summed E-state index contributed by atoms with van der Waals surface area (Å²) in [7, 11) is -2.75. The van der Waals surface area contributed by atoms with E-state index >= 15 is 0 Å². The highest BCUT2D eigenvalue weighted by atomic mass is 79.9. The maximum absolute atomic E-state index is 14.2. The number of sulfonamides is 1. The van der Waals surface area contributed by atoms with Crippen LogP contribution in [0, 0.1) is 12.7 Å². The van der Waals surface area contributed by atoms with Crippen LogP contribution in [0.1, 0.15) is 5.82 Å². The Bertz CT molecular complexity index is 1070. The molecule has 11 heteroatoms. The summed E-state index contributed by atoms with van der Waals surface area (Å²) in [4.78, 5) is -0.127. The molecule has 0 saturated carbocycles. The molecule has 0 atom stereocenters. The molecule has 3 aromatic rings. The molecular weight excluding hydrogens is 429 g/mol. The van der Waals surface area contributed by atoms with Gasteiger partial charge in [-0.1, -0.05) is 15.9 Å². The molecule has 1 heterocycles. The van der Waals surface area contributed by atoms with E-state index < -0.39 is 15.8 Å². The second-order valence-corrected chi connectivity index (χ2v) is 7.77. The summed E-state index contributed by atoms with van der Waals surface area (Å²) < 4.78 is 48.9. The Labute approximate surface area is 157 Å². The van der Waals surface area contributed by atoms with E-state index in [1.54, 1.807) is 13.0 Å². The standard InChI is InChI=1S/C15H13BrFN5O3S/c1-9-18-20-21-22(9)11-4-5-12(17)13(8-11)19-26(23,24)15-7-10(16)3-6-14(15)25-2/h3-8,19H,1-2H3. The molecule has 136 valence electrons. The molecule has 0 saturated heterocycles. The Morgan fingerprint density at radius 2 is 2.00 bits per heavy atom. The van der Waals surface area contributed by atoms with Gasteiger partial charge in [0.1, 0.15) is 16.5 Å². The highest BCUT2D eigenvalue weighted by Crippen LogP contribution is 2.30. The van der Waals surface area contributed by atoms with E-state index in [-0.39, 0.29) is 16.3 Å². The minimum Gasteiger partial charge on any atom is -0.495 e. The van der Waals surface area contributed by atoms with Gasteiger partial charge in [0, 0.05) is 4.47 Å². The number of ether oxygens (including phenoxy) is 1. The Balaban J connectivity index is 2.03. The number of hydrogen-bond acceptors (Lipinski definition) is 6. The lowest BCUT2D eigenvalue weighted by molar-refractivity contribution is 0.402. The SMILES string of the molecule is COc1ccc(Br)cc1S(=O)(=O)Nc1cc(-n2nnnc2C)ccc1F. The molecular formula is C15H13BrFN5O3S. The first kappa shape index (κ1) is 18.3. The summed E-state index contributed by atoms with van der Waals surface area (Å²) in [6, 6.07) is 8.38. The molecule has 0 spiro atoms. The molecule has 2 aromatic carbocycles. The van der Waals surface area contributed by atoms with E-state index in [4.69, 9.17) is 4.74 Å². The van der Waals surface area contributed by atoms with Crippen molar-refractivity contribution in [3.63, 3.8) is 0 Å². The average molecular weight is 442 g/mol. The van der Waals surface area contributed by atoms with Gasteiger partial charge in [0.2, 0.25) is 0 Å². The Morgan fingerprint density at radius 1 is 1.23 bits per heavy atom. The summed E-state index contributed by atoms with van der Waals surface area (Å²) in [6.07, 6.45) is 0. The topological polar surface area (TPSA) is 99.0 Å². The number of methoxy groups -OCH3 is 1. The zero-order valence-electron chi connectivity index (χ0n) is 13.6. The average Bonchev–Trinajstić information content (AvgIpc) is 3.02. The molecule has 0 radical (unpaired) electrons. The maximum Gasteiger partial charge on any atom is 0.265 e. The van der Waals surface area contributed by atoms with Crippen molar-refractivity contribution < 1.29 is 17.5 Å². The fourth-order valence-electron chi connectivity index (χ4n) is 2.25. The van der Waals surface area contributed by atoms with Crippen LogP contribution in [0.15, 0.2) is 45.8 Å². The predicted molar refractivity (Wildman–Crippen MR) is 95.4 cm³/mol. The lowest BCUT2D eigenvalue weighted by Crippen LogP contribution is -2.15. The van der Waals surface area contributed by atoms with Crippen molar-refractivity contribution in [1.82, 2.24) is 20.2 Å². The molecule has 3 rings (SSSR count). The van der Waals surface area contributed by atoms with Gasteiger partial charge < -0.3 is 4.74 Å². The monoisotopic (exact) mass is 441 g/mol. The van der Waals surface area contributed by atoms with Crippen LogP contribution in [0.25, 0.3) is 5.69 Å². The van der Waals surface area contributed by atoms with Gasteiger partial charge in [-0.3, -0.25) is 4.72 Å². The van der Waals surface area contributed by atoms with E-state index in [0.29, 0.717) is 16.0 Å². The molecule has 0 unspecified atom stereocenters. The summed E-state index contributed by atoms with van der Waals surface area (Å²) in [5.41, 5.74) is 0.173. The van der Waals surface area contributed by atoms with Gasteiger partial charge >= 0.3 is 0 Å². The maximum atomic E-state index is 14.2. The minimum atomic E-state index is -4.10. The summed E-state index contributed by atoms with van der Waals surface area (Å²) in [5, 5.41) is 11.0. The first-order chi connectivity index (χ1) is 12.3. The molecule has 1 N–H and O–H groups in total. The first-order valence-corrected chi connectivity index (χ1v) is 9.50. The van der Waals surface area contributed by atoms with Crippen LogP contribution in [0.3, 0.4) is 0 Å². The summed E-state index contributed by atoms with van der Waals surface area (Å²) in [6.45, 7) is 1.67. The van der Waals surface area contributed by atoms with E-state index in [2.05, 4.69) is 36.2 Å². The van der Waals surface area contributed by atoms with Gasteiger partial charge in [0.15, 0.2) is 5.82 Å². The van der Waals surface area contributed by atoms with Crippen LogP contribution in [-0.2, 0) is 10.0 Å². The Morgan fingerprint density at radius 3 is 2.65 bits per heavy atom. The van der Waals surface area contributed by atoms with Gasteiger partial charge in [-0.25, -0.2) is 12.8 Å². The van der Waals surface area contributed by atoms with Crippen LogP contribution >= 0.6 is 15.9 Å². The molecule has 0 aliphatic rings. The summed E-state index contributed by atoms with van der Waals surface area (Å²) >= 11 is 3.22. The number of tetrazole rings is 1. The van der Waals surface area contributed by atoms with Crippen molar-refractivity contribution in [2.24, 2.45) is 0 Å². The van der Waals surface area contributed by atoms with Crippen molar-refractivity contribution >= 4 is 31.6 Å². The zero-order chi connectivity index (χ0) is 18.9. The van der Waals surface area contributed by atoms with E-state index in [0.717, 1.165) is 6.07 Å². The van der Waals surface area contributed by atoms with Crippen LogP contribution in [-0.4, -0.2) is 35.7 Å². The number of aryl methyl sites for hydroxylation is 1. The molecule has 26 heavy (non-hydrogen) atoms. The van der Waals surface area contributed by atoms with Crippen LogP contribution in [0.4, 0.5) is 10.1 Å². The second-order valence-electron chi connectivity index (χ2n) is 5.20. The third kappa shape index (κ3) is 3.53. The number of rotatable bonds is 5. The van der Waals surface area contributed by atoms with E-state index in [1.165, 1.54) is 36.1 Å². The zero-order valence-corrected chi connectivity index (χ0v) is 16.0. The largest absolute Gasteiger partial charge is 0.495 e. The second kappa shape index (κ2) is 7.00. The van der Waals surface area contributed by atoms with Crippen molar-refractivity contribution in [1.29, 1.82) is 0 Å². The number of halogens is 2. The van der Waals surface area contributed by atoms with Crippen molar-refractivity contribution in [2.75, 3.05) is 11.8 Å². The molecule has 0 aliphatic heterocycles. The molecule has 1 aromatic heterocycles. The predicted octanol–water partition coefficient (Wildman–Crippen LogP) is 2.68. The number of aromatic nitrogens is 4. The van der Waals surface area contributed by atoms with Gasteiger partial charge in [0.05, 0.1) is 18.5 Å². The highest BCUT2D eigenvalue weighted by molar-refractivity contribution is 9.10. The van der Waals surface area contributed by atoms with Gasteiger partial charge in [-0.15, -0.1) is 5.10 Å².